The van der Waals surface area contributed by atoms with E-state index >= 15 is 0 Å². The molecule has 1 aliphatic heterocycles. The Morgan fingerprint density at radius 3 is 2.38 bits per heavy atom. The Kier molecular flexibility index (Phi) is 3.02. The van der Waals surface area contributed by atoms with Crippen LogP contribution in [0.5, 0.6) is 0 Å². The predicted octanol–water partition coefficient (Wildman–Crippen LogP) is 0.442. The summed E-state index contributed by atoms with van der Waals surface area (Å²) in [7, 11) is -3.23. The molecule has 0 spiro atoms. The van der Waals surface area contributed by atoms with E-state index < -0.39 is 10.0 Å². The average molecular weight is 241 g/mol. The van der Waals surface area contributed by atoms with Gasteiger partial charge < -0.3 is 10.6 Å². The third kappa shape index (κ3) is 2.86. The smallest absolute Gasteiger partial charge is 0.229 e. The lowest BCUT2D eigenvalue weighted by atomic mass is 10.1. The molecule has 16 heavy (non-hydrogen) atoms. The molecule has 0 aliphatic carbocycles. The lowest BCUT2D eigenvalue weighted by molar-refractivity contribution is 0.472. The highest BCUT2D eigenvalue weighted by Crippen LogP contribution is 2.23. The van der Waals surface area contributed by atoms with Gasteiger partial charge in [0, 0.05) is 13.1 Å². The zero-order chi connectivity index (χ0) is 11.6. The van der Waals surface area contributed by atoms with Crippen LogP contribution in [-0.2, 0) is 10.0 Å². The number of hydrogen-bond donors (Lipinski definition) is 3. The second-order valence-corrected chi connectivity index (χ2v) is 5.67. The fraction of sp³-hybridized carbons (Fsp3) is 0.400. The van der Waals surface area contributed by atoms with Crippen molar-refractivity contribution in [3.63, 3.8) is 0 Å². The number of sulfonamides is 1. The minimum atomic E-state index is -3.23. The maximum atomic E-state index is 11.2. The van der Waals surface area contributed by atoms with Gasteiger partial charge in [0.15, 0.2) is 0 Å². The molecule has 0 aromatic heterocycles. The number of anilines is 2. The normalized spacial score (nSPS) is 16.6. The third-order valence-corrected chi connectivity index (χ3v) is 2.95. The van der Waals surface area contributed by atoms with Gasteiger partial charge in [0.25, 0.3) is 0 Å². The molecule has 1 heterocycles. The van der Waals surface area contributed by atoms with Gasteiger partial charge in [-0.25, -0.2) is 8.42 Å². The summed E-state index contributed by atoms with van der Waals surface area (Å²) in [5.74, 6) is 0. The van der Waals surface area contributed by atoms with Crippen molar-refractivity contribution in [3.05, 3.63) is 24.3 Å². The van der Waals surface area contributed by atoms with E-state index in [0.29, 0.717) is 11.7 Å². The Bertz CT molecular complexity index is 469. The highest BCUT2D eigenvalue weighted by atomic mass is 32.2. The number of rotatable bonds is 4. The molecule has 6 heteroatoms. The fourth-order valence-corrected chi connectivity index (χ4v) is 2.09. The van der Waals surface area contributed by atoms with Gasteiger partial charge in [-0.15, -0.1) is 0 Å². The largest absolute Gasteiger partial charge is 0.378 e. The number of nitrogens with one attached hydrogen (secondary N) is 3. The van der Waals surface area contributed by atoms with Crippen molar-refractivity contribution in [2.45, 2.75) is 6.04 Å². The van der Waals surface area contributed by atoms with Crippen LogP contribution >= 0.6 is 0 Å². The lowest BCUT2D eigenvalue weighted by Gasteiger charge is -2.29. The fourth-order valence-electron chi connectivity index (χ4n) is 1.51. The summed E-state index contributed by atoms with van der Waals surface area (Å²) in [6.45, 7) is 1.82. The summed E-state index contributed by atoms with van der Waals surface area (Å²) >= 11 is 0. The minimum Gasteiger partial charge on any atom is -0.378 e. The molecule has 1 saturated heterocycles. The van der Waals surface area contributed by atoms with Crippen LogP contribution in [0.25, 0.3) is 0 Å². The van der Waals surface area contributed by atoms with Gasteiger partial charge in [0.05, 0.1) is 23.7 Å². The molecule has 1 aromatic rings. The van der Waals surface area contributed by atoms with Gasteiger partial charge in [-0.2, -0.15) is 0 Å². The van der Waals surface area contributed by atoms with Crippen molar-refractivity contribution in [1.82, 2.24) is 5.32 Å². The van der Waals surface area contributed by atoms with Crippen molar-refractivity contribution in [2.75, 3.05) is 29.4 Å². The Morgan fingerprint density at radius 2 is 1.88 bits per heavy atom. The first-order valence-electron chi connectivity index (χ1n) is 5.09. The molecule has 0 saturated carbocycles. The van der Waals surface area contributed by atoms with E-state index in [1.54, 1.807) is 12.1 Å². The van der Waals surface area contributed by atoms with Crippen LogP contribution < -0.4 is 15.4 Å². The van der Waals surface area contributed by atoms with Crippen LogP contribution in [0, 0.1) is 0 Å². The SMILES string of the molecule is CS(=O)(=O)Nc1ccccc1NC1CNC1. The van der Waals surface area contributed by atoms with Crippen LogP contribution in [-0.4, -0.2) is 33.8 Å². The molecule has 1 aromatic carbocycles. The molecule has 2 rings (SSSR count). The Hall–Kier alpha value is -1.27. The van der Waals surface area contributed by atoms with Crippen molar-refractivity contribution >= 4 is 21.4 Å². The summed E-state index contributed by atoms with van der Waals surface area (Å²) in [4.78, 5) is 0. The maximum Gasteiger partial charge on any atom is 0.229 e. The molecule has 3 N–H and O–H groups in total. The summed E-state index contributed by atoms with van der Waals surface area (Å²) in [6.07, 6.45) is 1.15. The zero-order valence-corrected chi connectivity index (χ0v) is 9.84. The van der Waals surface area contributed by atoms with Gasteiger partial charge in [-0.1, -0.05) is 12.1 Å². The second kappa shape index (κ2) is 4.31. The third-order valence-electron chi connectivity index (χ3n) is 2.36. The van der Waals surface area contributed by atoms with E-state index in [2.05, 4.69) is 15.4 Å². The van der Waals surface area contributed by atoms with Crippen molar-refractivity contribution < 1.29 is 8.42 Å². The van der Waals surface area contributed by atoms with Crippen molar-refractivity contribution in [2.24, 2.45) is 0 Å². The summed E-state index contributed by atoms with van der Waals surface area (Å²) < 4.78 is 24.8. The van der Waals surface area contributed by atoms with E-state index in [1.165, 1.54) is 0 Å². The number of benzene rings is 1. The van der Waals surface area contributed by atoms with Crippen molar-refractivity contribution in [3.8, 4) is 0 Å². The molecule has 1 fully saturated rings. The first-order valence-corrected chi connectivity index (χ1v) is 6.98. The summed E-state index contributed by atoms with van der Waals surface area (Å²) in [5, 5.41) is 6.43. The van der Waals surface area contributed by atoms with E-state index in [0.717, 1.165) is 25.0 Å². The predicted molar refractivity (Wildman–Crippen MR) is 65.2 cm³/mol. The Morgan fingerprint density at radius 1 is 1.25 bits per heavy atom. The van der Waals surface area contributed by atoms with E-state index in [4.69, 9.17) is 0 Å². The molecular formula is C10H15N3O2S. The second-order valence-electron chi connectivity index (χ2n) is 3.92. The lowest BCUT2D eigenvalue weighted by Crippen LogP contribution is -2.51. The van der Waals surface area contributed by atoms with Crippen LogP contribution in [0.2, 0.25) is 0 Å². The number of para-hydroxylation sites is 2. The molecule has 88 valence electrons. The highest BCUT2D eigenvalue weighted by molar-refractivity contribution is 7.92. The first kappa shape index (κ1) is 11.2. The Labute approximate surface area is 95.3 Å². The molecule has 0 amide bonds. The van der Waals surface area contributed by atoms with Gasteiger partial charge in [-0.3, -0.25) is 4.72 Å². The molecule has 0 bridgehead atoms. The highest BCUT2D eigenvalue weighted by Gasteiger charge is 2.17. The molecule has 1 aliphatic rings. The Balaban J connectivity index is 2.16. The van der Waals surface area contributed by atoms with Gasteiger partial charge >= 0.3 is 0 Å². The van der Waals surface area contributed by atoms with Gasteiger partial charge in [0.1, 0.15) is 0 Å². The van der Waals surface area contributed by atoms with Crippen LogP contribution in [0.4, 0.5) is 11.4 Å². The van der Waals surface area contributed by atoms with Gasteiger partial charge in [-0.05, 0) is 12.1 Å². The summed E-state index contributed by atoms with van der Waals surface area (Å²) in [6, 6.07) is 7.67. The van der Waals surface area contributed by atoms with Crippen LogP contribution in [0.1, 0.15) is 0 Å². The quantitative estimate of drug-likeness (QED) is 0.715. The molecule has 5 nitrogen and oxygen atoms in total. The van der Waals surface area contributed by atoms with Crippen LogP contribution in [0.15, 0.2) is 24.3 Å². The molecule has 0 unspecified atom stereocenters. The van der Waals surface area contributed by atoms with Gasteiger partial charge in [0.2, 0.25) is 10.0 Å². The minimum absolute atomic E-state index is 0.377. The van der Waals surface area contributed by atoms with Crippen LogP contribution in [0.3, 0.4) is 0 Å². The summed E-state index contributed by atoms with van der Waals surface area (Å²) in [5.41, 5.74) is 1.41. The average Bonchev–Trinajstić information content (AvgIpc) is 2.11. The molecular weight excluding hydrogens is 226 g/mol. The molecule has 0 atom stereocenters. The van der Waals surface area contributed by atoms with E-state index in [-0.39, 0.29) is 0 Å². The monoisotopic (exact) mass is 241 g/mol. The molecule has 0 radical (unpaired) electrons. The van der Waals surface area contributed by atoms with Crippen molar-refractivity contribution in [1.29, 1.82) is 0 Å². The first-order chi connectivity index (χ1) is 7.54. The maximum absolute atomic E-state index is 11.2. The van der Waals surface area contributed by atoms with E-state index in [9.17, 15) is 8.42 Å². The zero-order valence-electron chi connectivity index (χ0n) is 9.03. The number of hydrogen-bond acceptors (Lipinski definition) is 4. The van der Waals surface area contributed by atoms with E-state index in [1.807, 2.05) is 12.1 Å². The standard InChI is InChI=1S/C10H15N3O2S/c1-16(14,15)13-10-5-3-2-4-9(10)12-8-6-11-7-8/h2-5,8,11-13H,6-7H2,1H3. The topological polar surface area (TPSA) is 70.2 Å².